The van der Waals surface area contributed by atoms with Gasteiger partial charge in [-0.1, -0.05) is 48.5 Å². The lowest BCUT2D eigenvalue weighted by atomic mass is 10.1. The van der Waals surface area contributed by atoms with Crippen LogP contribution in [0.4, 0.5) is 0 Å². The zero-order valence-corrected chi connectivity index (χ0v) is 18.9. The van der Waals surface area contributed by atoms with E-state index < -0.39 is 16.1 Å². The van der Waals surface area contributed by atoms with Gasteiger partial charge in [-0.05, 0) is 42.8 Å². The van der Waals surface area contributed by atoms with Crippen molar-refractivity contribution in [1.29, 1.82) is 0 Å². The molecule has 0 spiro atoms. The number of rotatable bonds is 5. The van der Waals surface area contributed by atoms with E-state index in [1.165, 1.54) is 21.7 Å². The summed E-state index contributed by atoms with van der Waals surface area (Å²) in [5.74, 6) is -0.376. The smallest absolute Gasteiger partial charge is 0.279 e. The van der Waals surface area contributed by atoms with E-state index in [-0.39, 0.29) is 22.1 Å². The lowest BCUT2D eigenvalue weighted by Crippen LogP contribution is -2.33. The number of carbonyl (C=O) groups excluding carboxylic acids is 1. The molecule has 4 rings (SSSR count). The van der Waals surface area contributed by atoms with Gasteiger partial charge in [-0.15, -0.1) is 0 Å². The topological polar surface area (TPSA) is 115 Å². The third-order valence-electron chi connectivity index (χ3n) is 5.60. The second kappa shape index (κ2) is 8.61. The fourth-order valence-electron chi connectivity index (χ4n) is 3.59. The molecule has 1 amide bonds. The minimum absolute atomic E-state index is 0.00460. The Morgan fingerprint density at radius 1 is 0.939 bits per heavy atom. The van der Waals surface area contributed by atoms with Crippen molar-refractivity contribution in [2.75, 3.05) is 7.05 Å². The van der Waals surface area contributed by atoms with Gasteiger partial charge in [0.15, 0.2) is 5.69 Å². The van der Waals surface area contributed by atoms with Crippen LogP contribution in [-0.2, 0) is 10.0 Å². The lowest BCUT2D eigenvalue weighted by Gasteiger charge is -2.26. The number of carbonyl (C=O) groups is 1. The van der Waals surface area contributed by atoms with Crippen LogP contribution in [-0.4, -0.2) is 36.1 Å². The molecule has 8 nitrogen and oxygen atoms in total. The summed E-state index contributed by atoms with van der Waals surface area (Å²) in [6.45, 7) is 1.82. The van der Waals surface area contributed by atoms with Crippen LogP contribution in [0.2, 0.25) is 0 Å². The van der Waals surface area contributed by atoms with Crippen molar-refractivity contribution in [2.24, 2.45) is 5.14 Å². The second-order valence-electron chi connectivity index (χ2n) is 7.65. The number of benzene rings is 3. The van der Waals surface area contributed by atoms with Gasteiger partial charge in [-0.25, -0.2) is 13.6 Å². The van der Waals surface area contributed by atoms with Gasteiger partial charge < -0.3 is 4.90 Å². The fourth-order valence-corrected chi connectivity index (χ4v) is 4.11. The highest BCUT2D eigenvalue weighted by Gasteiger charge is 2.24. The molecule has 3 aromatic carbocycles. The third kappa shape index (κ3) is 4.28. The summed E-state index contributed by atoms with van der Waals surface area (Å²) in [7, 11) is -2.17. The summed E-state index contributed by atoms with van der Waals surface area (Å²) in [4.78, 5) is 28.1. The molecule has 4 aromatic rings. The Balaban J connectivity index is 1.77. The number of fused-ring (bicyclic) bond motifs is 1. The maximum Gasteiger partial charge on any atom is 0.279 e. The predicted octanol–water partition coefficient (Wildman–Crippen LogP) is 2.87. The maximum atomic E-state index is 13.5. The summed E-state index contributed by atoms with van der Waals surface area (Å²) in [6, 6.07) is 21.4. The standard InChI is InChI=1S/C24H22N4O4S/c1-16(17-12-14-19(15-13-17)33(25,31)32)27(2)24(30)22-20-10-6-7-11-21(20)23(29)28(26-22)18-8-4-3-5-9-18/h3-16H,1-2H3,(H2,25,31,32). The van der Waals surface area contributed by atoms with Crippen molar-refractivity contribution < 1.29 is 13.2 Å². The lowest BCUT2D eigenvalue weighted by molar-refractivity contribution is 0.0737. The van der Waals surface area contributed by atoms with Crippen LogP contribution < -0.4 is 10.7 Å². The fraction of sp³-hybridized carbons (Fsp3) is 0.125. The number of hydrogen-bond donors (Lipinski definition) is 1. The largest absolute Gasteiger partial charge is 0.334 e. The van der Waals surface area contributed by atoms with Crippen LogP contribution >= 0.6 is 0 Å². The van der Waals surface area contributed by atoms with E-state index in [1.807, 2.05) is 13.0 Å². The maximum absolute atomic E-state index is 13.5. The number of para-hydroxylation sites is 1. The minimum Gasteiger partial charge on any atom is -0.334 e. The average Bonchev–Trinajstić information content (AvgIpc) is 2.83. The molecule has 0 saturated heterocycles. The molecular formula is C24H22N4O4S. The highest BCUT2D eigenvalue weighted by atomic mass is 32.2. The average molecular weight is 463 g/mol. The van der Waals surface area contributed by atoms with Crippen LogP contribution in [0, 0.1) is 0 Å². The Kier molecular flexibility index (Phi) is 5.84. The first kappa shape index (κ1) is 22.4. The van der Waals surface area contributed by atoms with Gasteiger partial charge in [0, 0.05) is 12.4 Å². The Labute approximate surface area is 190 Å². The van der Waals surface area contributed by atoms with Gasteiger partial charge in [-0.2, -0.15) is 9.78 Å². The second-order valence-corrected chi connectivity index (χ2v) is 9.21. The number of nitrogens with zero attached hydrogens (tertiary/aromatic N) is 3. The molecular weight excluding hydrogens is 440 g/mol. The van der Waals surface area contributed by atoms with E-state index >= 15 is 0 Å². The molecule has 1 heterocycles. The van der Waals surface area contributed by atoms with E-state index in [2.05, 4.69) is 5.10 Å². The zero-order chi connectivity index (χ0) is 23.8. The normalized spacial score (nSPS) is 12.5. The summed E-state index contributed by atoms with van der Waals surface area (Å²) >= 11 is 0. The SMILES string of the molecule is CC(c1ccc(S(N)(=O)=O)cc1)N(C)C(=O)c1nn(-c2ccccc2)c(=O)c2ccccc12. The van der Waals surface area contributed by atoms with Crippen LogP contribution in [0.1, 0.15) is 29.0 Å². The molecule has 0 aliphatic rings. The molecule has 33 heavy (non-hydrogen) atoms. The molecule has 1 atom stereocenters. The Bertz CT molecular complexity index is 1500. The minimum atomic E-state index is -3.81. The van der Waals surface area contributed by atoms with E-state index in [9.17, 15) is 18.0 Å². The van der Waals surface area contributed by atoms with Crippen molar-refractivity contribution in [1.82, 2.24) is 14.7 Å². The van der Waals surface area contributed by atoms with Crippen LogP contribution in [0.3, 0.4) is 0 Å². The van der Waals surface area contributed by atoms with Crippen molar-refractivity contribution in [3.63, 3.8) is 0 Å². The number of nitrogens with two attached hydrogens (primary N) is 1. The van der Waals surface area contributed by atoms with Gasteiger partial charge in [0.1, 0.15) is 0 Å². The number of hydrogen-bond acceptors (Lipinski definition) is 5. The van der Waals surface area contributed by atoms with E-state index in [0.717, 1.165) is 5.56 Å². The summed E-state index contributed by atoms with van der Waals surface area (Å²) < 4.78 is 24.3. The van der Waals surface area contributed by atoms with E-state index in [4.69, 9.17) is 5.14 Å². The molecule has 0 radical (unpaired) electrons. The Hall–Kier alpha value is -3.82. The molecule has 0 bridgehead atoms. The molecule has 0 aliphatic carbocycles. The van der Waals surface area contributed by atoms with E-state index in [0.29, 0.717) is 16.5 Å². The highest BCUT2D eigenvalue weighted by Crippen LogP contribution is 2.24. The van der Waals surface area contributed by atoms with Crippen molar-refractivity contribution in [3.05, 3.63) is 100 Å². The number of aromatic nitrogens is 2. The molecule has 2 N–H and O–H groups in total. The Morgan fingerprint density at radius 3 is 2.12 bits per heavy atom. The van der Waals surface area contributed by atoms with E-state index in [1.54, 1.807) is 67.7 Å². The summed E-state index contributed by atoms with van der Waals surface area (Å²) in [5.41, 5.74) is 1.10. The van der Waals surface area contributed by atoms with Gasteiger partial charge in [0.25, 0.3) is 11.5 Å². The number of primary sulfonamides is 1. The molecule has 1 aromatic heterocycles. The zero-order valence-electron chi connectivity index (χ0n) is 18.0. The van der Waals surface area contributed by atoms with Gasteiger partial charge in [0.05, 0.1) is 22.0 Å². The molecule has 0 aliphatic heterocycles. The van der Waals surface area contributed by atoms with Gasteiger partial charge in [-0.3, -0.25) is 9.59 Å². The van der Waals surface area contributed by atoms with Gasteiger partial charge in [0.2, 0.25) is 10.0 Å². The first-order chi connectivity index (χ1) is 15.7. The van der Waals surface area contributed by atoms with Gasteiger partial charge >= 0.3 is 0 Å². The molecule has 0 saturated carbocycles. The van der Waals surface area contributed by atoms with Crippen molar-refractivity contribution in [2.45, 2.75) is 17.9 Å². The molecule has 9 heteroatoms. The van der Waals surface area contributed by atoms with Crippen LogP contribution in [0.15, 0.2) is 88.6 Å². The summed E-state index contributed by atoms with van der Waals surface area (Å²) in [5, 5.41) is 10.4. The molecule has 0 fully saturated rings. The van der Waals surface area contributed by atoms with Crippen LogP contribution in [0.25, 0.3) is 16.5 Å². The third-order valence-corrected chi connectivity index (χ3v) is 6.53. The monoisotopic (exact) mass is 462 g/mol. The summed E-state index contributed by atoms with van der Waals surface area (Å²) in [6.07, 6.45) is 0. The van der Waals surface area contributed by atoms with Crippen molar-refractivity contribution >= 4 is 26.7 Å². The van der Waals surface area contributed by atoms with Crippen molar-refractivity contribution in [3.8, 4) is 5.69 Å². The molecule has 168 valence electrons. The quantitative estimate of drug-likeness (QED) is 0.490. The number of amides is 1. The number of sulfonamides is 1. The molecule has 1 unspecified atom stereocenters. The first-order valence-electron chi connectivity index (χ1n) is 10.2. The Morgan fingerprint density at radius 2 is 1.52 bits per heavy atom. The highest BCUT2D eigenvalue weighted by molar-refractivity contribution is 7.89. The van der Waals surface area contributed by atoms with Crippen LogP contribution in [0.5, 0.6) is 0 Å². The predicted molar refractivity (Wildman–Crippen MR) is 126 cm³/mol. The first-order valence-corrected chi connectivity index (χ1v) is 11.7.